The van der Waals surface area contributed by atoms with Crippen molar-refractivity contribution < 1.29 is 19.2 Å². The number of aromatic nitrogens is 2. The van der Waals surface area contributed by atoms with Gasteiger partial charge in [-0.3, -0.25) is 14.5 Å². The van der Waals surface area contributed by atoms with Crippen molar-refractivity contribution in [2.45, 2.75) is 45.2 Å². The van der Waals surface area contributed by atoms with E-state index >= 15 is 0 Å². The predicted molar refractivity (Wildman–Crippen MR) is 120 cm³/mol. The van der Waals surface area contributed by atoms with E-state index in [4.69, 9.17) is 9.63 Å². The molecule has 1 aliphatic heterocycles. The molecule has 168 valence electrons. The van der Waals surface area contributed by atoms with Gasteiger partial charge >= 0.3 is 5.97 Å². The second-order valence-corrected chi connectivity index (χ2v) is 9.39. The first kappa shape index (κ1) is 22.0. The van der Waals surface area contributed by atoms with Crippen LogP contribution in [0.5, 0.6) is 0 Å². The molecule has 1 saturated heterocycles. The summed E-state index contributed by atoms with van der Waals surface area (Å²) in [5.74, 6) is 0.0282. The van der Waals surface area contributed by atoms with Gasteiger partial charge in [0.2, 0.25) is 17.6 Å². The Hall–Kier alpha value is -3.26. The molecule has 1 aromatic heterocycles. The molecule has 2 aromatic carbocycles. The quantitative estimate of drug-likeness (QED) is 0.582. The predicted octanol–water partition coefficient (Wildman–Crippen LogP) is 3.64. The van der Waals surface area contributed by atoms with Crippen LogP contribution in [0.2, 0.25) is 0 Å². The fourth-order valence-corrected chi connectivity index (χ4v) is 4.39. The monoisotopic (exact) mass is 436 g/mol. The van der Waals surface area contributed by atoms with Crippen molar-refractivity contribution in [2.75, 3.05) is 13.6 Å². The van der Waals surface area contributed by atoms with Crippen molar-refractivity contribution in [2.24, 2.45) is 5.41 Å². The van der Waals surface area contributed by atoms with E-state index in [0.29, 0.717) is 24.7 Å². The number of rotatable bonds is 7. The van der Waals surface area contributed by atoms with Gasteiger partial charge in [-0.05, 0) is 35.7 Å². The Morgan fingerprint density at radius 3 is 2.69 bits per heavy atom. The summed E-state index contributed by atoms with van der Waals surface area (Å²) in [4.78, 5) is 30.2. The number of nitrogens with zero attached hydrogens (tertiary/aromatic N) is 3. The van der Waals surface area contributed by atoms with E-state index in [-0.39, 0.29) is 30.8 Å². The summed E-state index contributed by atoms with van der Waals surface area (Å²) in [5.41, 5.74) is 0.297. The van der Waals surface area contributed by atoms with Crippen LogP contribution in [-0.4, -0.2) is 51.7 Å². The van der Waals surface area contributed by atoms with Crippen LogP contribution in [0.4, 0.5) is 0 Å². The van der Waals surface area contributed by atoms with Crippen LogP contribution in [0.25, 0.3) is 22.2 Å². The molecule has 0 aliphatic carbocycles. The molecule has 0 spiro atoms. The number of carbonyl (C=O) groups excluding carboxylic acids is 1. The van der Waals surface area contributed by atoms with Gasteiger partial charge in [-0.1, -0.05) is 55.4 Å². The summed E-state index contributed by atoms with van der Waals surface area (Å²) in [7, 11) is 1.96. The maximum atomic E-state index is 12.5. The van der Waals surface area contributed by atoms with Crippen LogP contribution in [0.15, 0.2) is 47.0 Å². The van der Waals surface area contributed by atoms with E-state index in [1.54, 1.807) is 13.8 Å². The summed E-state index contributed by atoms with van der Waals surface area (Å²) >= 11 is 0. The SMILES string of the molecule is CN1CC(NC(=O)CC(C)(C)CC(=O)O)CC1c1nc(-c2ccc3ccccc3c2)no1. The normalized spacial score (nSPS) is 19.3. The lowest BCUT2D eigenvalue weighted by Crippen LogP contribution is -2.38. The zero-order chi connectivity index (χ0) is 22.9. The van der Waals surface area contributed by atoms with Crippen LogP contribution < -0.4 is 5.32 Å². The number of nitrogens with one attached hydrogen (secondary N) is 1. The maximum Gasteiger partial charge on any atom is 0.303 e. The third kappa shape index (κ3) is 4.96. The second-order valence-electron chi connectivity index (χ2n) is 9.39. The summed E-state index contributed by atoms with van der Waals surface area (Å²) in [6.07, 6.45) is 0.769. The largest absolute Gasteiger partial charge is 0.481 e. The van der Waals surface area contributed by atoms with Gasteiger partial charge in [0.25, 0.3) is 0 Å². The molecule has 0 saturated carbocycles. The van der Waals surface area contributed by atoms with Crippen LogP contribution in [0.1, 0.15) is 45.0 Å². The molecule has 1 fully saturated rings. The molecule has 2 N–H and O–H groups in total. The minimum absolute atomic E-state index is 0.0485. The van der Waals surface area contributed by atoms with Crippen molar-refractivity contribution in [3.8, 4) is 11.4 Å². The fourth-order valence-electron chi connectivity index (χ4n) is 4.39. The molecule has 8 nitrogen and oxygen atoms in total. The van der Waals surface area contributed by atoms with Crippen molar-refractivity contribution in [1.82, 2.24) is 20.4 Å². The summed E-state index contributed by atoms with van der Waals surface area (Å²) in [6, 6.07) is 14.0. The molecule has 4 rings (SSSR count). The molecule has 32 heavy (non-hydrogen) atoms. The van der Waals surface area contributed by atoms with Gasteiger partial charge < -0.3 is 14.9 Å². The standard InChI is InChI=1S/C24H28N4O4/c1-24(2,13-21(30)31)12-20(29)25-18-11-19(28(3)14-18)23-26-22(27-32-23)17-9-8-15-6-4-5-7-16(15)10-17/h4-10,18-19H,11-14H2,1-3H3,(H,25,29)(H,30,31). The summed E-state index contributed by atoms with van der Waals surface area (Å²) < 4.78 is 5.58. The number of fused-ring (bicyclic) bond motifs is 1. The molecule has 2 heterocycles. The lowest BCUT2D eigenvalue weighted by molar-refractivity contribution is -0.139. The zero-order valence-electron chi connectivity index (χ0n) is 18.5. The van der Waals surface area contributed by atoms with Gasteiger partial charge in [-0.25, -0.2) is 0 Å². The Morgan fingerprint density at radius 2 is 1.94 bits per heavy atom. The molecule has 8 heteroatoms. The van der Waals surface area contributed by atoms with E-state index in [0.717, 1.165) is 16.3 Å². The van der Waals surface area contributed by atoms with Crippen molar-refractivity contribution in [3.05, 3.63) is 48.4 Å². The highest BCUT2D eigenvalue weighted by Crippen LogP contribution is 2.32. The number of hydrogen-bond donors (Lipinski definition) is 2. The van der Waals surface area contributed by atoms with E-state index < -0.39 is 11.4 Å². The van der Waals surface area contributed by atoms with Gasteiger partial charge in [-0.15, -0.1) is 0 Å². The van der Waals surface area contributed by atoms with Gasteiger partial charge in [-0.2, -0.15) is 4.98 Å². The van der Waals surface area contributed by atoms with Crippen LogP contribution in [-0.2, 0) is 9.59 Å². The number of hydrogen-bond acceptors (Lipinski definition) is 6. The van der Waals surface area contributed by atoms with Gasteiger partial charge in [0.15, 0.2) is 0 Å². The highest BCUT2D eigenvalue weighted by molar-refractivity contribution is 5.86. The Bertz CT molecular complexity index is 1140. The topological polar surface area (TPSA) is 109 Å². The summed E-state index contributed by atoms with van der Waals surface area (Å²) in [6.45, 7) is 4.23. The Kier molecular flexibility index (Phi) is 5.97. The average molecular weight is 437 g/mol. The number of carboxylic acids is 1. The van der Waals surface area contributed by atoms with Gasteiger partial charge in [0.05, 0.1) is 12.5 Å². The lowest BCUT2D eigenvalue weighted by atomic mass is 9.85. The highest BCUT2D eigenvalue weighted by atomic mass is 16.5. The van der Waals surface area contributed by atoms with Crippen molar-refractivity contribution in [3.63, 3.8) is 0 Å². The Labute approximate surface area is 186 Å². The number of amides is 1. The number of carbonyl (C=O) groups is 2. The molecule has 0 radical (unpaired) electrons. The van der Waals surface area contributed by atoms with E-state index in [1.165, 1.54) is 0 Å². The number of likely N-dealkylation sites (tertiary alicyclic amines) is 1. The number of aliphatic carboxylic acids is 1. The molecular weight excluding hydrogens is 408 g/mol. The van der Waals surface area contributed by atoms with Gasteiger partial charge in [0.1, 0.15) is 0 Å². The number of benzene rings is 2. The molecule has 1 aliphatic rings. The van der Waals surface area contributed by atoms with Gasteiger partial charge in [0, 0.05) is 24.6 Å². The first-order valence-electron chi connectivity index (χ1n) is 10.7. The second kappa shape index (κ2) is 8.70. The first-order valence-corrected chi connectivity index (χ1v) is 10.7. The van der Waals surface area contributed by atoms with Crippen LogP contribution in [0, 0.1) is 5.41 Å². The molecule has 2 unspecified atom stereocenters. The minimum Gasteiger partial charge on any atom is -0.481 e. The Morgan fingerprint density at radius 1 is 1.19 bits per heavy atom. The van der Waals surface area contributed by atoms with E-state index in [9.17, 15) is 9.59 Å². The zero-order valence-corrected chi connectivity index (χ0v) is 18.5. The number of carboxylic acid groups (broad SMARTS) is 1. The summed E-state index contributed by atoms with van der Waals surface area (Å²) in [5, 5.41) is 18.5. The van der Waals surface area contributed by atoms with Crippen LogP contribution >= 0.6 is 0 Å². The third-order valence-corrected chi connectivity index (χ3v) is 5.92. The molecule has 0 bridgehead atoms. The van der Waals surface area contributed by atoms with E-state index in [2.05, 4.69) is 32.5 Å². The van der Waals surface area contributed by atoms with Crippen molar-refractivity contribution in [1.29, 1.82) is 0 Å². The molecule has 2 atom stereocenters. The van der Waals surface area contributed by atoms with Crippen LogP contribution in [0.3, 0.4) is 0 Å². The molecule has 3 aromatic rings. The first-order chi connectivity index (χ1) is 15.2. The molecule has 1 amide bonds. The highest BCUT2D eigenvalue weighted by Gasteiger charge is 2.36. The van der Waals surface area contributed by atoms with E-state index in [1.807, 2.05) is 37.4 Å². The van der Waals surface area contributed by atoms with Crippen molar-refractivity contribution >= 4 is 22.6 Å². The smallest absolute Gasteiger partial charge is 0.303 e. The number of likely N-dealkylation sites (N-methyl/N-ethyl adjacent to an activating group) is 1. The maximum absolute atomic E-state index is 12.5. The average Bonchev–Trinajstić information content (AvgIpc) is 3.32. The minimum atomic E-state index is -0.901. The molecular formula is C24H28N4O4. The Balaban J connectivity index is 1.41. The lowest BCUT2D eigenvalue weighted by Gasteiger charge is -2.22. The fraction of sp³-hybridized carbons (Fsp3) is 0.417. The third-order valence-electron chi connectivity index (χ3n) is 5.92.